The number of hydrogen-bond donors (Lipinski definition) is 3. The molecule has 0 aromatic heterocycles. The summed E-state index contributed by atoms with van der Waals surface area (Å²) >= 11 is 0. The molecule has 0 fully saturated rings. The molecule has 4 N–H and O–H groups in total. The molecular formula is C27H39FN4O5. The molecule has 0 saturated carbocycles. The van der Waals surface area contributed by atoms with Gasteiger partial charge < -0.3 is 30.5 Å². The maximum atomic E-state index is 14.6. The molecule has 10 heteroatoms. The monoisotopic (exact) mass is 518 g/mol. The lowest BCUT2D eigenvalue weighted by atomic mass is 10.0. The van der Waals surface area contributed by atoms with Gasteiger partial charge in [0.25, 0.3) is 11.8 Å². The van der Waals surface area contributed by atoms with Crippen molar-refractivity contribution in [2.24, 2.45) is 16.6 Å². The van der Waals surface area contributed by atoms with Gasteiger partial charge >= 0.3 is 0 Å². The summed E-state index contributed by atoms with van der Waals surface area (Å²) < 4.78 is 25.5. The van der Waals surface area contributed by atoms with Crippen molar-refractivity contribution in [3.8, 4) is 0 Å². The first-order chi connectivity index (χ1) is 17.4. The van der Waals surface area contributed by atoms with Crippen LogP contribution in [0.2, 0.25) is 0 Å². The minimum absolute atomic E-state index is 0.00625. The van der Waals surface area contributed by atoms with E-state index in [1.54, 1.807) is 26.1 Å². The summed E-state index contributed by atoms with van der Waals surface area (Å²) in [6.45, 7) is 11.6. The van der Waals surface area contributed by atoms with Crippen molar-refractivity contribution >= 4 is 17.6 Å². The average molecular weight is 519 g/mol. The van der Waals surface area contributed by atoms with E-state index in [1.807, 2.05) is 13.8 Å². The summed E-state index contributed by atoms with van der Waals surface area (Å²) in [7, 11) is 0. The Morgan fingerprint density at radius 3 is 2.81 bits per heavy atom. The van der Waals surface area contributed by atoms with E-state index in [-0.39, 0.29) is 29.8 Å². The second-order valence-electron chi connectivity index (χ2n) is 9.77. The molecule has 0 unspecified atom stereocenters. The Bertz CT molecular complexity index is 1000. The van der Waals surface area contributed by atoms with Crippen LogP contribution in [0.4, 0.5) is 4.39 Å². The van der Waals surface area contributed by atoms with E-state index in [4.69, 9.17) is 15.2 Å². The molecule has 0 bridgehead atoms. The number of aliphatic imine (C=N–C) groups is 1. The number of halogens is 1. The molecule has 9 nitrogen and oxygen atoms in total. The van der Waals surface area contributed by atoms with Crippen molar-refractivity contribution in [3.63, 3.8) is 0 Å². The second-order valence-corrected chi connectivity index (χ2v) is 9.77. The van der Waals surface area contributed by atoms with Crippen molar-refractivity contribution in [2.45, 2.75) is 65.2 Å². The number of rotatable bonds is 14. The summed E-state index contributed by atoms with van der Waals surface area (Å²) in [6, 6.07) is -0.836. The fraction of sp³-hybridized carbons (Fsp3) is 0.519. The third-order valence-corrected chi connectivity index (χ3v) is 5.49. The zero-order valence-electron chi connectivity index (χ0n) is 22.1. The van der Waals surface area contributed by atoms with E-state index >= 15 is 0 Å². The summed E-state index contributed by atoms with van der Waals surface area (Å²) in [6.07, 6.45) is 9.49. The molecule has 204 valence electrons. The molecule has 1 aliphatic heterocycles. The van der Waals surface area contributed by atoms with Crippen LogP contribution in [0.3, 0.4) is 0 Å². The van der Waals surface area contributed by atoms with E-state index in [9.17, 15) is 19.1 Å². The highest BCUT2D eigenvalue weighted by molar-refractivity contribution is 6.03. The van der Waals surface area contributed by atoms with Crippen LogP contribution in [0.25, 0.3) is 0 Å². The number of aliphatic hydroxyl groups is 1. The summed E-state index contributed by atoms with van der Waals surface area (Å²) in [5, 5.41) is 12.5. The number of carbonyl (C=O) groups is 2. The molecule has 0 saturated heterocycles. The molecule has 1 atom stereocenters. The summed E-state index contributed by atoms with van der Waals surface area (Å²) in [5.41, 5.74) is 6.28. The van der Waals surface area contributed by atoms with Crippen LogP contribution in [0.15, 0.2) is 65.0 Å². The van der Waals surface area contributed by atoms with Gasteiger partial charge in [0.15, 0.2) is 11.6 Å². The Morgan fingerprint density at radius 1 is 1.43 bits per heavy atom. The number of ether oxygens (including phenoxy) is 2. The molecule has 37 heavy (non-hydrogen) atoms. The number of nitrogens with zero attached hydrogens (tertiary/aromatic N) is 2. The molecule has 2 amide bonds. The van der Waals surface area contributed by atoms with E-state index < -0.39 is 29.5 Å². The Kier molecular flexibility index (Phi) is 11.3. The van der Waals surface area contributed by atoms with Crippen LogP contribution in [-0.4, -0.2) is 59.2 Å². The highest BCUT2D eigenvalue weighted by atomic mass is 19.1. The van der Waals surface area contributed by atoms with Crippen molar-refractivity contribution < 1.29 is 28.6 Å². The SMILES string of the molecule is C=CC1=CCCC(OC2=CC(=O)N([C@@H](CC(C)C)C(=O)N=C(N)/C=C\NCCCOC(C)(C)O)C2)=C1F. The smallest absolute Gasteiger partial charge is 0.270 e. The molecule has 2 aliphatic rings. The summed E-state index contributed by atoms with van der Waals surface area (Å²) in [4.78, 5) is 31.1. The largest absolute Gasteiger partial charge is 0.461 e. The van der Waals surface area contributed by atoms with E-state index in [0.717, 1.165) is 0 Å². The van der Waals surface area contributed by atoms with Crippen LogP contribution in [-0.2, 0) is 19.1 Å². The lowest BCUT2D eigenvalue weighted by Gasteiger charge is -2.27. The van der Waals surface area contributed by atoms with E-state index in [1.165, 1.54) is 23.1 Å². The van der Waals surface area contributed by atoms with Crippen molar-refractivity contribution in [2.75, 3.05) is 19.7 Å². The number of nitrogens with one attached hydrogen (secondary N) is 1. The molecule has 0 aromatic carbocycles. The minimum Gasteiger partial charge on any atom is -0.461 e. The van der Waals surface area contributed by atoms with Crippen LogP contribution < -0.4 is 11.1 Å². The predicted molar refractivity (Wildman–Crippen MR) is 140 cm³/mol. The lowest BCUT2D eigenvalue weighted by Crippen LogP contribution is -2.43. The number of hydrogen-bond acceptors (Lipinski definition) is 6. The third kappa shape index (κ3) is 9.97. The van der Waals surface area contributed by atoms with Gasteiger partial charge in [-0.1, -0.05) is 32.6 Å². The molecule has 0 spiro atoms. The molecule has 1 heterocycles. The standard InChI is InChI=1S/C27H39FN4O5/c1-6-19-9-7-10-22(25(19)28)37-20-16-24(33)32(17-20)21(15-18(2)3)26(34)31-23(29)11-13-30-12-8-14-36-27(4,5)35/h6,9,11,13,16,18,21,30,35H,1,7-8,10,12,14-15,17H2,2-5H3,(H2,29,31,34)/b13-11-/t21-/m0/s1. The predicted octanol–water partition coefficient (Wildman–Crippen LogP) is 3.35. The van der Waals surface area contributed by atoms with Gasteiger partial charge in [0.05, 0.1) is 13.2 Å². The molecule has 1 aliphatic carbocycles. The normalized spacial score (nSPS) is 17.9. The fourth-order valence-electron chi connectivity index (χ4n) is 3.75. The Labute approximate surface area is 218 Å². The van der Waals surface area contributed by atoms with Gasteiger partial charge in [-0.3, -0.25) is 9.59 Å². The van der Waals surface area contributed by atoms with Gasteiger partial charge in [-0.15, -0.1) is 0 Å². The maximum absolute atomic E-state index is 14.6. The van der Waals surface area contributed by atoms with Crippen molar-refractivity contribution in [1.29, 1.82) is 0 Å². The van der Waals surface area contributed by atoms with Crippen LogP contribution in [0.5, 0.6) is 0 Å². The van der Waals surface area contributed by atoms with E-state index in [0.29, 0.717) is 44.4 Å². The van der Waals surface area contributed by atoms with Crippen LogP contribution in [0.1, 0.15) is 53.4 Å². The summed E-state index contributed by atoms with van der Waals surface area (Å²) in [5.74, 6) is -2.09. The highest BCUT2D eigenvalue weighted by Crippen LogP contribution is 2.31. The molecule has 0 aromatic rings. The van der Waals surface area contributed by atoms with Crippen LogP contribution in [0, 0.1) is 5.92 Å². The number of nitrogens with two attached hydrogens (primary N) is 1. The van der Waals surface area contributed by atoms with E-state index in [2.05, 4.69) is 16.9 Å². The van der Waals surface area contributed by atoms with Crippen molar-refractivity contribution in [3.05, 3.63) is 60.0 Å². The minimum atomic E-state index is -1.17. The van der Waals surface area contributed by atoms with Gasteiger partial charge in [-0.25, -0.2) is 4.39 Å². The zero-order chi connectivity index (χ0) is 27.6. The lowest BCUT2D eigenvalue weighted by molar-refractivity contribution is -0.175. The van der Waals surface area contributed by atoms with Gasteiger partial charge in [0.2, 0.25) is 0 Å². The van der Waals surface area contributed by atoms with Crippen molar-refractivity contribution in [1.82, 2.24) is 10.2 Å². The number of amides is 2. The Hall–Kier alpha value is -3.24. The first-order valence-electron chi connectivity index (χ1n) is 12.5. The second kappa shape index (κ2) is 13.9. The maximum Gasteiger partial charge on any atom is 0.270 e. The van der Waals surface area contributed by atoms with Gasteiger partial charge in [0, 0.05) is 30.8 Å². The van der Waals surface area contributed by atoms with Gasteiger partial charge in [-0.05, 0) is 45.1 Å². The number of allylic oxidation sites excluding steroid dienone is 5. The fourth-order valence-corrected chi connectivity index (χ4v) is 3.75. The Morgan fingerprint density at radius 2 is 2.16 bits per heavy atom. The first-order valence-corrected chi connectivity index (χ1v) is 12.5. The van der Waals surface area contributed by atoms with Gasteiger partial charge in [-0.2, -0.15) is 4.99 Å². The number of carbonyl (C=O) groups excluding carboxylic acids is 2. The molecule has 0 radical (unpaired) electrons. The zero-order valence-corrected chi connectivity index (χ0v) is 22.1. The van der Waals surface area contributed by atoms with Gasteiger partial charge in [0.1, 0.15) is 23.4 Å². The average Bonchev–Trinajstić information content (AvgIpc) is 3.16. The number of amidine groups is 1. The topological polar surface area (TPSA) is 126 Å². The Balaban J connectivity index is 1.99. The first kappa shape index (κ1) is 30.0. The highest BCUT2D eigenvalue weighted by Gasteiger charge is 2.35. The van der Waals surface area contributed by atoms with Crippen LogP contribution >= 0.6 is 0 Å². The third-order valence-electron chi connectivity index (χ3n) is 5.49. The molecule has 2 rings (SSSR count). The quantitative estimate of drug-likeness (QED) is 0.139. The molecular weight excluding hydrogens is 479 g/mol.